The van der Waals surface area contributed by atoms with Crippen molar-refractivity contribution in [1.29, 1.82) is 0 Å². The van der Waals surface area contributed by atoms with Crippen LogP contribution in [0.4, 0.5) is 10.5 Å². The molecule has 39 heavy (non-hydrogen) atoms. The first-order valence-corrected chi connectivity index (χ1v) is 14.4. The largest absolute Gasteiger partial charge is 0.494 e. The van der Waals surface area contributed by atoms with E-state index in [0.29, 0.717) is 12.5 Å². The van der Waals surface area contributed by atoms with Gasteiger partial charge in [0.05, 0.1) is 12.6 Å². The minimum Gasteiger partial charge on any atom is -0.494 e. The van der Waals surface area contributed by atoms with Gasteiger partial charge in [0.15, 0.2) is 0 Å². The van der Waals surface area contributed by atoms with Gasteiger partial charge in [0.1, 0.15) is 11.4 Å². The third-order valence-electron chi connectivity index (χ3n) is 7.87. The number of nitrogens with zero attached hydrogens (tertiary/aromatic N) is 2. The molecule has 0 bridgehead atoms. The van der Waals surface area contributed by atoms with Crippen molar-refractivity contribution in [3.63, 3.8) is 0 Å². The van der Waals surface area contributed by atoms with Crippen LogP contribution in [-0.2, 0) is 11.2 Å². The van der Waals surface area contributed by atoms with Gasteiger partial charge in [0.2, 0.25) is 0 Å². The molecule has 3 aromatic carbocycles. The van der Waals surface area contributed by atoms with Gasteiger partial charge in [-0.05, 0) is 100 Å². The lowest BCUT2D eigenvalue weighted by atomic mass is 9.87. The van der Waals surface area contributed by atoms with E-state index in [2.05, 4.69) is 84.6 Å². The van der Waals surface area contributed by atoms with Crippen LogP contribution in [0.2, 0.25) is 0 Å². The second-order valence-corrected chi connectivity index (χ2v) is 12.0. The van der Waals surface area contributed by atoms with Crippen LogP contribution in [-0.4, -0.2) is 42.8 Å². The van der Waals surface area contributed by atoms with Gasteiger partial charge >= 0.3 is 6.09 Å². The van der Waals surface area contributed by atoms with E-state index in [4.69, 9.17) is 9.47 Å². The molecule has 1 amide bonds. The first-order valence-electron chi connectivity index (χ1n) is 14.4. The molecule has 2 aliphatic rings. The van der Waals surface area contributed by atoms with Crippen molar-refractivity contribution in [1.82, 2.24) is 4.90 Å². The lowest BCUT2D eigenvalue weighted by Gasteiger charge is -2.39. The molecule has 2 heterocycles. The second kappa shape index (κ2) is 11.7. The Morgan fingerprint density at radius 2 is 1.64 bits per heavy atom. The quantitative estimate of drug-likeness (QED) is 0.332. The summed E-state index contributed by atoms with van der Waals surface area (Å²) in [5.41, 5.74) is 6.25. The molecular weight excluding hydrogens is 484 g/mol. The molecule has 0 radical (unpaired) electrons. The molecule has 0 aliphatic carbocycles. The number of amides is 1. The molecule has 1 saturated heterocycles. The molecule has 3 aromatic rings. The highest BCUT2D eigenvalue weighted by Gasteiger charge is 2.29. The van der Waals surface area contributed by atoms with Crippen LogP contribution < -0.4 is 9.64 Å². The van der Waals surface area contributed by atoms with Gasteiger partial charge in [0.25, 0.3) is 0 Å². The number of ether oxygens (including phenoxy) is 2. The van der Waals surface area contributed by atoms with E-state index >= 15 is 0 Å². The first-order chi connectivity index (χ1) is 18.8. The van der Waals surface area contributed by atoms with Crippen LogP contribution in [0.5, 0.6) is 5.75 Å². The molecule has 0 spiro atoms. The fourth-order valence-corrected chi connectivity index (χ4v) is 5.83. The minimum atomic E-state index is -0.448. The number of benzene rings is 3. The van der Waals surface area contributed by atoms with Crippen molar-refractivity contribution in [3.8, 4) is 5.75 Å². The zero-order chi connectivity index (χ0) is 27.4. The predicted molar refractivity (Wildman–Crippen MR) is 158 cm³/mol. The van der Waals surface area contributed by atoms with Crippen LogP contribution in [0.15, 0.2) is 72.8 Å². The summed E-state index contributed by atoms with van der Waals surface area (Å²) in [7, 11) is 0. The van der Waals surface area contributed by atoms with E-state index in [9.17, 15) is 4.79 Å². The third kappa shape index (κ3) is 6.76. The van der Waals surface area contributed by atoms with Gasteiger partial charge in [-0.3, -0.25) is 0 Å². The average Bonchev–Trinajstić information content (AvgIpc) is 2.93. The fraction of sp³-hybridized carbons (Fsp3) is 0.441. The normalized spacial score (nSPS) is 18.0. The first kappa shape index (κ1) is 27.1. The number of hydrogen-bond acceptors (Lipinski definition) is 4. The van der Waals surface area contributed by atoms with Crippen LogP contribution >= 0.6 is 0 Å². The van der Waals surface area contributed by atoms with E-state index in [1.807, 2.05) is 25.7 Å². The van der Waals surface area contributed by atoms with E-state index in [1.54, 1.807) is 0 Å². The number of likely N-dealkylation sites (tertiary alicyclic amines) is 1. The molecule has 206 valence electrons. The zero-order valence-electron chi connectivity index (χ0n) is 23.9. The molecule has 0 saturated carbocycles. The molecular formula is C34H42N2O3. The van der Waals surface area contributed by atoms with E-state index in [0.717, 1.165) is 51.1 Å². The van der Waals surface area contributed by atoms with Gasteiger partial charge < -0.3 is 19.3 Å². The molecule has 2 aliphatic heterocycles. The molecule has 5 rings (SSSR count). The van der Waals surface area contributed by atoms with Crippen LogP contribution in [0.1, 0.15) is 68.3 Å². The van der Waals surface area contributed by atoms with Crippen molar-refractivity contribution in [2.45, 2.75) is 65.0 Å². The second-order valence-electron chi connectivity index (χ2n) is 12.0. The number of piperidine rings is 1. The molecule has 5 heteroatoms. The summed E-state index contributed by atoms with van der Waals surface area (Å²) < 4.78 is 11.7. The highest BCUT2D eigenvalue weighted by Crippen LogP contribution is 2.39. The number of anilines is 1. The molecule has 1 unspecified atom stereocenters. The van der Waals surface area contributed by atoms with Gasteiger partial charge in [-0.1, -0.05) is 54.1 Å². The van der Waals surface area contributed by atoms with E-state index in [1.165, 1.54) is 27.9 Å². The average molecular weight is 527 g/mol. The zero-order valence-corrected chi connectivity index (χ0v) is 23.9. The Balaban J connectivity index is 1.19. The van der Waals surface area contributed by atoms with Crippen LogP contribution in [0.25, 0.3) is 0 Å². The number of carbonyl (C=O) groups excluding carboxylic acids is 1. The summed E-state index contributed by atoms with van der Waals surface area (Å²) in [5, 5.41) is 0. The highest BCUT2D eigenvalue weighted by molar-refractivity contribution is 5.68. The van der Waals surface area contributed by atoms with Crippen molar-refractivity contribution >= 4 is 11.8 Å². The summed E-state index contributed by atoms with van der Waals surface area (Å²) in [4.78, 5) is 16.7. The van der Waals surface area contributed by atoms with Crippen molar-refractivity contribution in [3.05, 3.63) is 95.1 Å². The number of hydrogen-bond donors (Lipinski definition) is 0. The molecule has 0 N–H and O–H groups in total. The highest BCUT2D eigenvalue weighted by atomic mass is 16.6. The minimum absolute atomic E-state index is 0.181. The van der Waals surface area contributed by atoms with Gasteiger partial charge in [-0.15, -0.1) is 0 Å². The molecule has 0 aromatic heterocycles. The van der Waals surface area contributed by atoms with Crippen LogP contribution in [0, 0.1) is 12.8 Å². The Bertz CT molecular complexity index is 1240. The van der Waals surface area contributed by atoms with Crippen molar-refractivity contribution in [2.75, 3.05) is 31.1 Å². The lowest BCUT2D eigenvalue weighted by molar-refractivity contribution is 0.0177. The van der Waals surface area contributed by atoms with E-state index < -0.39 is 5.60 Å². The smallest absolute Gasteiger partial charge is 0.410 e. The van der Waals surface area contributed by atoms with Gasteiger partial charge in [-0.2, -0.15) is 0 Å². The monoisotopic (exact) mass is 526 g/mol. The van der Waals surface area contributed by atoms with E-state index in [-0.39, 0.29) is 12.1 Å². The molecule has 5 nitrogen and oxygen atoms in total. The van der Waals surface area contributed by atoms with Crippen molar-refractivity contribution in [2.24, 2.45) is 5.92 Å². The third-order valence-corrected chi connectivity index (χ3v) is 7.87. The maximum Gasteiger partial charge on any atom is 0.410 e. The Hall–Kier alpha value is -3.47. The van der Waals surface area contributed by atoms with Gasteiger partial charge in [0, 0.05) is 25.3 Å². The summed E-state index contributed by atoms with van der Waals surface area (Å²) >= 11 is 0. The predicted octanol–water partition coefficient (Wildman–Crippen LogP) is 7.56. The Morgan fingerprint density at radius 3 is 2.33 bits per heavy atom. The number of carbonyl (C=O) groups is 1. The summed E-state index contributed by atoms with van der Waals surface area (Å²) in [6.07, 6.45) is 3.86. The van der Waals surface area contributed by atoms with Crippen LogP contribution in [0.3, 0.4) is 0 Å². The Kier molecular flexibility index (Phi) is 8.15. The molecule has 1 fully saturated rings. The fourth-order valence-electron chi connectivity index (χ4n) is 5.83. The van der Waals surface area contributed by atoms with Crippen molar-refractivity contribution < 1.29 is 14.3 Å². The number of aryl methyl sites for hydroxylation is 1. The molecule has 1 atom stereocenters. The summed E-state index contributed by atoms with van der Waals surface area (Å²) in [5.74, 6) is 1.49. The summed E-state index contributed by atoms with van der Waals surface area (Å²) in [6, 6.07) is 26.5. The number of rotatable bonds is 6. The maximum absolute atomic E-state index is 12.3. The lowest BCUT2D eigenvalue weighted by Crippen LogP contribution is -2.41. The van der Waals surface area contributed by atoms with Gasteiger partial charge in [-0.25, -0.2) is 4.79 Å². The number of para-hydroxylation sites is 1. The number of fused-ring (bicyclic) bond motifs is 1. The maximum atomic E-state index is 12.3. The Labute approximate surface area is 233 Å². The summed E-state index contributed by atoms with van der Waals surface area (Å²) in [6.45, 7) is 11.1. The standard InChI is InChI=1S/C34H42N2O3/c1-25-10-15-31-28(24-25)18-22-36(29-8-6-5-7-9-29)32(31)27-11-13-30(14-12-27)38-23-19-26-16-20-35(21-17-26)33(37)39-34(2,3)4/h5-15,24,26,32H,16-23H2,1-4H3. The SMILES string of the molecule is Cc1ccc2c(c1)CCN(c1ccccc1)C2c1ccc(OCCC2CCN(C(=O)OC(C)(C)C)CC2)cc1. The topological polar surface area (TPSA) is 42.0 Å². The Morgan fingerprint density at radius 1 is 0.923 bits per heavy atom.